The summed E-state index contributed by atoms with van der Waals surface area (Å²) in [6, 6.07) is 0.504. The summed E-state index contributed by atoms with van der Waals surface area (Å²) in [6.45, 7) is 4.81. The second-order valence-electron chi connectivity index (χ2n) is 5.35. The van der Waals surface area contributed by atoms with Crippen molar-refractivity contribution in [1.82, 2.24) is 20.1 Å². The third kappa shape index (κ3) is 2.57. The lowest BCUT2D eigenvalue weighted by Gasteiger charge is -2.19. The Kier molecular flexibility index (Phi) is 3.61. The number of hydrogen-bond donors (Lipinski definition) is 1. The van der Waals surface area contributed by atoms with Crippen LogP contribution in [0.2, 0.25) is 0 Å². The lowest BCUT2D eigenvalue weighted by atomic mass is 10.1. The predicted molar refractivity (Wildman–Crippen MR) is 68.0 cm³/mol. The van der Waals surface area contributed by atoms with Gasteiger partial charge in [-0.15, -0.1) is 0 Å². The minimum Gasteiger partial charge on any atom is -0.376 e. The van der Waals surface area contributed by atoms with E-state index in [9.17, 15) is 0 Å². The molecule has 0 spiro atoms. The van der Waals surface area contributed by atoms with Gasteiger partial charge in [-0.1, -0.05) is 6.92 Å². The number of ether oxygens (including phenoxy) is 1. The van der Waals surface area contributed by atoms with Gasteiger partial charge >= 0.3 is 0 Å². The maximum Gasteiger partial charge on any atom is 0.140 e. The zero-order valence-corrected chi connectivity index (χ0v) is 11.0. The van der Waals surface area contributed by atoms with Crippen molar-refractivity contribution >= 4 is 0 Å². The van der Waals surface area contributed by atoms with Gasteiger partial charge in [-0.05, 0) is 31.6 Å². The molecule has 0 bridgehead atoms. The van der Waals surface area contributed by atoms with Gasteiger partial charge in [-0.25, -0.2) is 9.67 Å². The van der Waals surface area contributed by atoms with Gasteiger partial charge in [0.15, 0.2) is 0 Å². The van der Waals surface area contributed by atoms with Gasteiger partial charge in [0.05, 0.1) is 12.6 Å². The largest absolute Gasteiger partial charge is 0.376 e. The molecular weight excluding hydrogens is 228 g/mol. The lowest BCUT2D eigenvalue weighted by Crippen LogP contribution is -2.37. The van der Waals surface area contributed by atoms with Crippen LogP contribution in [0.15, 0.2) is 6.33 Å². The van der Waals surface area contributed by atoms with E-state index in [-0.39, 0.29) is 0 Å². The highest BCUT2D eigenvalue weighted by Crippen LogP contribution is 2.38. The number of nitrogens with one attached hydrogen (secondary N) is 1. The molecule has 2 aliphatic rings. The lowest BCUT2D eigenvalue weighted by molar-refractivity contribution is 0.0807. The maximum atomic E-state index is 5.83. The van der Waals surface area contributed by atoms with E-state index in [2.05, 4.69) is 22.3 Å². The molecule has 2 unspecified atom stereocenters. The highest BCUT2D eigenvalue weighted by Gasteiger charge is 2.40. The minimum absolute atomic E-state index is 0.438. The van der Waals surface area contributed by atoms with Gasteiger partial charge in [0, 0.05) is 19.2 Å². The van der Waals surface area contributed by atoms with Crippen molar-refractivity contribution in [3.8, 4) is 0 Å². The summed E-state index contributed by atoms with van der Waals surface area (Å²) in [6.07, 6.45) is 6.99. The zero-order chi connectivity index (χ0) is 12.4. The molecule has 3 rings (SSSR count). The summed E-state index contributed by atoms with van der Waals surface area (Å²) in [5.41, 5.74) is 0. The Morgan fingerprint density at radius 3 is 3.11 bits per heavy atom. The summed E-state index contributed by atoms with van der Waals surface area (Å²) in [5, 5.41) is 7.86. The number of hydrogen-bond acceptors (Lipinski definition) is 4. The van der Waals surface area contributed by atoms with Gasteiger partial charge in [0.1, 0.15) is 12.2 Å². The summed E-state index contributed by atoms with van der Waals surface area (Å²) in [7, 11) is 0. The Balaban J connectivity index is 1.55. The average molecular weight is 250 g/mol. The maximum absolute atomic E-state index is 5.83. The molecule has 0 aromatic carbocycles. The molecule has 1 saturated heterocycles. The van der Waals surface area contributed by atoms with Gasteiger partial charge in [-0.2, -0.15) is 5.10 Å². The van der Waals surface area contributed by atoms with Crippen molar-refractivity contribution in [2.75, 3.05) is 6.61 Å². The van der Waals surface area contributed by atoms with Gasteiger partial charge in [-0.3, -0.25) is 0 Å². The molecular formula is C13H22N4O. The van der Waals surface area contributed by atoms with Crippen LogP contribution in [0.1, 0.15) is 38.4 Å². The molecule has 2 fully saturated rings. The molecule has 2 heterocycles. The highest BCUT2D eigenvalue weighted by molar-refractivity contribution is 4.95. The van der Waals surface area contributed by atoms with Gasteiger partial charge in [0.2, 0.25) is 0 Å². The Hall–Kier alpha value is -0.940. The van der Waals surface area contributed by atoms with Crippen LogP contribution in [0.3, 0.4) is 0 Å². The first-order valence-corrected chi connectivity index (χ1v) is 7.10. The summed E-state index contributed by atoms with van der Waals surface area (Å²) in [5.74, 6) is 1.84. The van der Waals surface area contributed by atoms with Crippen molar-refractivity contribution in [3.05, 3.63) is 12.2 Å². The fourth-order valence-corrected chi connectivity index (χ4v) is 2.77. The number of nitrogens with zero attached hydrogens (tertiary/aromatic N) is 3. The molecule has 0 amide bonds. The van der Waals surface area contributed by atoms with Crippen LogP contribution < -0.4 is 5.32 Å². The third-order valence-corrected chi connectivity index (χ3v) is 3.88. The van der Waals surface area contributed by atoms with Crippen LogP contribution in [-0.2, 0) is 17.8 Å². The Morgan fingerprint density at radius 2 is 2.33 bits per heavy atom. The second kappa shape index (κ2) is 5.36. The number of rotatable bonds is 6. The van der Waals surface area contributed by atoms with Crippen LogP contribution in [0.25, 0.3) is 0 Å². The first-order valence-electron chi connectivity index (χ1n) is 7.10. The van der Waals surface area contributed by atoms with Crippen molar-refractivity contribution in [2.24, 2.45) is 5.92 Å². The van der Waals surface area contributed by atoms with E-state index in [1.165, 1.54) is 12.8 Å². The molecule has 0 radical (unpaired) electrons. The normalized spacial score (nSPS) is 27.8. The van der Waals surface area contributed by atoms with Crippen molar-refractivity contribution in [2.45, 2.75) is 57.8 Å². The third-order valence-electron chi connectivity index (χ3n) is 3.88. The van der Waals surface area contributed by atoms with Crippen LogP contribution in [0.4, 0.5) is 0 Å². The standard InChI is InChI=1S/C13H22N4O/c1-2-6-17-12(15-9-16-17)8-14-11-5-7-18-13(11)10-3-4-10/h9-11,13-14H,2-8H2,1H3. The molecule has 5 heteroatoms. The van der Waals surface area contributed by atoms with Crippen LogP contribution in [0, 0.1) is 5.92 Å². The smallest absolute Gasteiger partial charge is 0.140 e. The molecule has 1 aliphatic heterocycles. The fourth-order valence-electron chi connectivity index (χ4n) is 2.77. The van der Waals surface area contributed by atoms with Crippen LogP contribution in [-0.4, -0.2) is 33.5 Å². The fraction of sp³-hybridized carbons (Fsp3) is 0.846. The monoisotopic (exact) mass is 250 g/mol. The molecule has 1 aromatic heterocycles. The van der Waals surface area contributed by atoms with Gasteiger partial charge < -0.3 is 10.1 Å². The van der Waals surface area contributed by atoms with E-state index in [1.54, 1.807) is 6.33 Å². The summed E-state index contributed by atoms with van der Waals surface area (Å²) < 4.78 is 7.83. The second-order valence-corrected chi connectivity index (χ2v) is 5.35. The van der Waals surface area contributed by atoms with E-state index < -0.39 is 0 Å². The molecule has 1 saturated carbocycles. The molecule has 18 heavy (non-hydrogen) atoms. The topological polar surface area (TPSA) is 52.0 Å². The van der Waals surface area contributed by atoms with Crippen LogP contribution >= 0.6 is 0 Å². The molecule has 5 nitrogen and oxygen atoms in total. The summed E-state index contributed by atoms with van der Waals surface area (Å²) in [4.78, 5) is 4.33. The molecule has 1 aliphatic carbocycles. The number of aromatic nitrogens is 3. The van der Waals surface area contributed by atoms with E-state index in [4.69, 9.17) is 4.74 Å². The van der Waals surface area contributed by atoms with Crippen molar-refractivity contribution in [1.29, 1.82) is 0 Å². The average Bonchev–Trinajstić information content (AvgIpc) is 2.95. The quantitative estimate of drug-likeness (QED) is 0.828. The Bertz CT molecular complexity index is 388. The van der Waals surface area contributed by atoms with E-state index in [1.807, 2.05) is 4.68 Å². The molecule has 100 valence electrons. The van der Waals surface area contributed by atoms with Gasteiger partial charge in [0.25, 0.3) is 0 Å². The molecule has 1 aromatic rings. The molecule has 1 N–H and O–H groups in total. The van der Waals surface area contributed by atoms with E-state index in [0.29, 0.717) is 12.1 Å². The van der Waals surface area contributed by atoms with E-state index >= 15 is 0 Å². The molecule has 2 atom stereocenters. The summed E-state index contributed by atoms with van der Waals surface area (Å²) >= 11 is 0. The zero-order valence-electron chi connectivity index (χ0n) is 11.0. The first kappa shape index (κ1) is 12.1. The highest BCUT2D eigenvalue weighted by atomic mass is 16.5. The van der Waals surface area contributed by atoms with E-state index in [0.717, 1.165) is 44.3 Å². The van der Waals surface area contributed by atoms with Crippen molar-refractivity contribution in [3.63, 3.8) is 0 Å². The van der Waals surface area contributed by atoms with Crippen molar-refractivity contribution < 1.29 is 4.74 Å². The number of aryl methyl sites for hydroxylation is 1. The van der Waals surface area contributed by atoms with Crippen LogP contribution in [0.5, 0.6) is 0 Å². The predicted octanol–water partition coefficient (Wildman–Crippen LogP) is 1.35. The minimum atomic E-state index is 0.438. The Morgan fingerprint density at radius 1 is 1.44 bits per heavy atom. The SMILES string of the molecule is CCCn1ncnc1CNC1CCOC1C1CC1. The Labute approximate surface area is 108 Å². The first-order chi connectivity index (χ1) is 8.88.